The zero-order chi connectivity index (χ0) is 15.9. The largest absolute Gasteiger partial charge is 0.368 e. The molecule has 5 nitrogen and oxygen atoms in total. The number of carbonyl (C=O) groups is 2. The molecule has 5 heteroatoms. The second-order valence-corrected chi connectivity index (χ2v) is 4.99. The molecular weight excluding hydrogens is 278 g/mol. The normalized spacial score (nSPS) is 11.5. The molecule has 0 aliphatic rings. The van der Waals surface area contributed by atoms with E-state index in [0.717, 1.165) is 11.3 Å². The lowest BCUT2D eigenvalue weighted by Gasteiger charge is -2.22. The first-order valence-corrected chi connectivity index (χ1v) is 7.00. The maximum Gasteiger partial charge on any atom is 0.322 e. The molecule has 0 spiro atoms. The zero-order valence-electron chi connectivity index (χ0n) is 12.4. The number of hydrogen-bond donors (Lipinski definition) is 2. The van der Waals surface area contributed by atoms with Crippen molar-refractivity contribution in [1.82, 2.24) is 5.32 Å². The van der Waals surface area contributed by atoms with Gasteiger partial charge in [0.05, 0.1) is 0 Å². The highest BCUT2D eigenvalue weighted by atomic mass is 16.2. The van der Waals surface area contributed by atoms with Crippen molar-refractivity contribution in [2.45, 2.75) is 12.5 Å². The molecule has 0 saturated carbocycles. The number of para-hydroxylation sites is 1. The molecule has 0 aliphatic carbocycles. The van der Waals surface area contributed by atoms with Gasteiger partial charge in [-0.05, 0) is 17.7 Å². The van der Waals surface area contributed by atoms with Crippen LogP contribution in [0.5, 0.6) is 0 Å². The summed E-state index contributed by atoms with van der Waals surface area (Å²) in [5.41, 5.74) is 7.08. The topological polar surface area (TPSA) is 75.4 Å². The molecule has 0 aromatic heterocycles. The Morgan fingerprint density at radius 2 is 1.59 bits per heavy atom. The van der Waals surface area contributed by atoms with Gasteiger partial charge < -0.3 is 11.1 Å². The molecule has 114 valence electrons. The van der Waals surface area contributed by atoms with Crippen molar-refractivity contribution < 1.29 is 9.59 Å². The number of anilines is 1. The van der Waals surface area contributed by atoms with Crippen LogP contribution in [0.25, 0.3) is 0 Å². The van der Waals surface area contributed by atoms with Gasteiger partial charge in [0.1, 0.15) is 6.04 Å². The van der Waals surface area contributed by atoms with Gasteiger partial charge in [-0.1, -0.05) is 48.5 Å². The lowest BCUT2D eigenvalue weighted by atomic mass is 10.1. The van der Waals surface area contributed by atoms with Crippen LogP contribution in [-0.4, -0.2) is 25.0 Å². The SMILES string of the molecule is CN(C(=O)NC(Cc1ccccc1)C(N)=O)c1ccccc1. The van der Waals surface area contributed by atoms with Crippen LogP contribution in [0.1, 0.15) is 5.56 Å². The molecule has 0 aliphatic heterocycles. The van der Waals surface area contributed by atoms with Crippen molar-refractivity contribution in [3.63, 3.8) is 0 Å². The highest BCUT2D eigenvalue weighted by Gasteiger charge is 2.21. The summed E-state index contributed by atoms with van der Waals surface area (Å²) in [6.07, 6.45) is 0.366. The number of benzene rings is 2. The van der Waals surface area contributed by atoms with Crippen LogP contribution < -0.4 is 16.0 Å². The first-order chi connectivity index (χ1) is 10.6. The van der Waals surface area contributed by atoms with Gasteiger partial charge in [-0.15, -0.1) is 0 Å². The summed E-state index contributed by atoms with van der Waals surface area (Å²) in [5.74, 6) is -0.557. The van der Waals surface area contributed by atoms with E-state index in [2.05, 4.69) is 5.32 Å². The van der Waals surface area contributed by atoms with E-state index in [9.17, 15) is 9.59 Å². The molecule has 0 radical (unpaired) electrons. The fourth-order valence-corrected chi connectivity index (χ4v) is 2.09. The summed E-state index contributed by atoms with van der Waals surface area (Å²) in [5, 5.41) is 2.68. The van der Waals surface area contributed by atoms with Crippen LogP contribution in [0.2, 0.25) is 0 Å². The molecule has 22 heavy (non-hydrogen) atoms. The van der Waals surface area contributed by atoms with E-state index < -0.39 is 11.9 Å². The van der Waals surface area contributed by atoms with Crippen molar-refractivity contribution in [1.29, 1.82) is 0 Å². The number of carbonyl (C=O) groups excluding carboxylic acids is 2. The third kappa shape index (κ3) is 4.09. The van der Waals surface area contributed by atoms with Gasteiger partial charge in [0.15, 0.2) is 0 Å². The smallest absolute Gasteiger partial charge is 0.322 e. The quantitative estimate of drug-likeness (QED) is 0.885. The van der Waals surface area contributed by atoms with Crippen molar-refractivity contribution in [3.05, 3.63) is 66.2 Å². The minimum atomic E-state index is -0.749. The molecule has 2 aromatic carbocycles. The number of rotatable bonds is 5. The fourth-order valence-electron chi connectivity index (χ4n) is 2.09. The fraction of sp³-hybridized carbons (Fsp3) is 0.176. The van der Waals surface area contributed by atoms with E-state index in [1.807, 2.05) is 60.7 Å². The van der Waals surface area contributed by atoms with Gasteiger partial charge >= 0.3 is 6.03 Å². The third-order valence-corrected chi connectivity index (χ3v) is 3.37. The van der Waals surface area contributed by atoms with E-state index in [1.165, 1.54) is 4.90 Å². The predicted molar refractivity (Wildman–Crippen MR) is 86.5 cm³/mol. The summed E-state index contributed by atoms with van der Waals surface area (Å²) in [6, 6.07) is 17.5. The lowest BCUT2D eigenvalue weighted by Crippen LogP contribution is -2.50. The molecule has 1 unspecified atom stereocenters. The van der Waals surface area contributed by atoms with Gasteiger partial charge in [0, 0.05) is 19.2 Å². The lowest BCUT2D eigenvalue weighted by molar-refractivity contribution is -0.119. The molecule has 0 fully saturated rings. The van der Waals surface area contributed by atoms with Crippen LogP contribution in [-0.2, 0) is 11.2 Å². The first-order valence-electron chi connectivity index (χ1n) is 7.00. The van der Waals surface area contributed by atoms with Crippen LogP contribution in [0.15, 0.2) is 60.7 Å². The predicted octanol–water partition coefficient (Wildman–Crippen LogP) is 1.93. The maximum absolute atomic E-state index is 12.3. The highest BCUT2D eigenvalue weighted by Crippen LogP contribution is 2.11. The number of nitrogens with one attached hydrogen (secondary N) is 1. The number of nitrogens with zero attached hydrogens (tertiary/aromatic N) is 1. The first kappa shape index (κ1) is 15.6. The van der Waals surface area contributed by atoms with Gasteiger partial charge in [0.25, 0.3) is 0 Å². The highest BCUT2D eigenvalue weighted by molar-refractivity contribution is 5.94. The van der Waals surface area contributed by atoms with Gasteiger partial charge in [-0.25, -0.2) is 4.79 Å². The Morgan fingerprint density at radius 3 is 2.14 bits per heavy atom. The molecule has 2 rings (SSSR count). The summed E-state index contributed by atoms with van der Waals surface area (Å²) >= 11 is 0. The number of hydrogen-bond acceptors (Lipinski definition) is 2. The minimum absolute atomic E-state index is 0.366. The Balaban J connectivity index is 2.04. The number of amides is 3. The monoisotopic (exact) mass is 297 g/mol. The summed E-state index contributed by atoms with van der Waals surface area (Å²) in [7, 11) is 1.64. The zero-order valence-corrected chi connectivity index (χ0v) is 12.4. The van der Waals surface area contributed by atoms with Crippen LogP contribution in [0.4, 0.5) is 10.5 Å². The van der Waals surface area contributed by atoms with E-state index >= 15 is 0 Å². The number of urea groups is 1. The molecule has 3 amide bonds. The minimum Gasteiger partial charge on any atom is -0.368 e. The van der Waals surface area contributed by atoms with Crippen LogP contribution >= 0.6 is 0 Å². The van der Waals surface area contributed by atoms with Gasteiger partial charge in [0.2, 0.25) is 5.91 Å². The molecule has 0 bridgehead atoms. The maximum atomic E-state index is 12.3. The van der Waals surface area contributed by atoms with Crippen LogP contribution in [0, 0.1) is 0 Å². The third-order valence-electron chi connectivity index (χ3n) is 3.37. The van der Waals surface area contributed by atoms with Crippen molar-refractivity contribution >= 4 is 17.6 Å². The molecule has 2 aromatic rings. The van der Waals surface area contributed by atoms with Gasteiger partial charge in [-0.2, -0.15) is 0 Å². The number of primary amides is 1. The molecule has 3 N–H and O–H groups in total. The average molecular weight is 297 g/mol. The second-order valence-electron chi connectivity index (χ2n) is 4.99. The van der Waals surface area contributed by atoms with Gasteiger partial charge in [-0.3, -0.25) is 9.69 Å². The van der Waals surface area contributed by atoms with E-state index in [4.69, 9.17) is 5.73 Å². The van der Waals surface area contributed by atoms with Crippen molar-refractivity contribution in [2.75, 3.05) is 11.9 Å². The van der Waals surface area contributed by atoms with E-state index in [0.29, 0.717) is 6.42 Å². The summed E-state index contributed by atoms with van der Waals surface area (Å²) in [6.45, 7) is 0. The Bertz CT molecular complexity index is 629. The molecule has 0 saturated heterocycles. The van der Waals surface area contributed by atoms with Crippen molar-refractivity contribution in [3.8, 4) is 0 Å². The molecule has 0 heterocycles. The van der Waals surface area contributed by atoms with E-state index in [-0.39, 0.29) is 6.03 Å². The second kappa shape index (κ2) is 7.26. The Hall–Kier alpha value is -2.82. The Kier molecular flexibility index (Phi) is 5.14. The molecular formula is C17H19N3O2. The van der Waals surface area contributed by atoms with Crippen molar-refractivity contribution in [2.24, 2.45) is 5.73 Å². The average Bonchev–Trinajstić information content (AvgIpc) is 2.55. The standard InChI is InChI=1S/C17H19N3O2/c1-20(14-10-6-3-7-11-14)17(22)19-15(16(18)21)12-13-8-4-2-5-9-13/h2-11,15H,12H2,1H3,(H2,18,21)(H,19,22). The Morgan fingerprint density at radius 1 is 1.05 bits per heavy atom. The summed E-state index contributed by atoms with van der Waals surface area (Å²) in [4.78, 5) is 25.3. The molecule has 1 atom stereocenters. The number of nitrogens with two attached hydrogens (primary N) is 1. The van der Waals surface area contributed by atoms with E-state index in [1.54, 1.807) is 7.05 Å². The van der Waals surface area contributed by atoms with Crippen LogP contribution in [0.3, 0.4) is 0 Å². The Labute approximate surface area is 129 Å². The summed E-state index contributed by atoms with van der Waals surface area (Å²) < 4.78 is 0.